The molecule has 0 aliphatic carbocycles. The first-order valence-corrected chi connectivity index (χ1v) is 6.70. The number of rotatable bonds is 9. The fraction of sp³-hybridized carbons (Fsp3) is 1.00. The van der Waals surface area contributed by atoms with E-state index in [2.05, 4.69) is 27.7 Å². The number of unbranched alkanes of at least 4 members (excludes halogenated alkanes) is 1. The molecule has 0 N–H and O–H groups in total. The molecule has 0 aromatic heterocycles. The van der Waals surface area contributed by atoms with Gasteiger partial charge in [-0.15, -0.1) is 0 Å². The minimum Gasteiger partial charge on any atom is -0.0654 e. The maximum Gasteiger partial charge on any atom is -0.0443 e. The molecule has 0 aliphatic rings. The molecular weight excluding hydrogens is 168 g/mol. The summed E-state index contributed by atoms with van der Waals surface area (Å²) >= 11 is 0. The molecule has 0 heteroatoms. The third-order valence-electron chi connectivity index (χ3n) is 3.23. The zero-order valence-corrected chi connectivity index (χ0v) is 10.8. The van der Waals surface area contributed by atoms with Crippen LogP contribution >= 0.6 is 0 Å². The van der Waals surface area contributed by atoms with Gasteiger partial charge in [-0.25, -0.2) is 0 Å². The highest BCUT2D eigenvalue weighted by atomic mass is 14.1. The first-order valence-electron chi connectivity index (χ1n) is 6.70. The molecule has 86 valence electrons. The van der Waals surface area contributed by atoms with Gasteiger partial charge in [0.2, 0.25) is 0 Å². The van der Waals surface area contributed by atoms with E-state index in [9.17, 15) is 0 Å². The second-order valence-corrected chi connectivity index (χ2v) is 5.07. The lowest BCUT2D eigenvalue weighted by molar-refractivity contribution is 0.402. The van der Waals surface area contributed by atoms with E-state index in [0.717, 1.165) is 11.8 Å². The van der Waals surface area contributed by atoms with Crippen molar-refractivity contribution in [2.45, 2.75) is 79.1 Å². The lowest BCUT2D eigenvalue weighted by Gasteiger charge is -2.13. The van der Waals surface area contributed by atoms with Crippen molar-refractivity contribution in [2.75, 3.05) is 0 Å². The maximum atomic E-state index is 2.42. The molecule has 0 rings (SSSR count). The summed E-state index contributed by atoms with van der Waals surface area (Å²) in [5, 5.41) is 0. The maximum absolute atomic E-state index is 2.42. The summed E-state index contributed by atoms with van der Waals surface area (Å²) < 4.78 is 0. The summed E-state index contributed by atoms with van der Waals surface area (Å²) in [5.41, 5.74) is 0. The van der Waals surface area contributed by atoms with Crippen molar-refractivity contribution in [1.29, 1.82) is 0 Å². The molecule has 2 atom stereocenters. The normalized spacial score (nSPS) is 15.4. The van der Waals surface area contributed by atoms with E-state index in [0.29, 0.717) is 0 Å². The van der Waals surface area contributed by atoms with Gasteiger partial charge in [0.05, 0.1) is 0 Å². The summed E-state index contributed by atoms with van der Waals surface area (Å²) in [6.07, 6.45) is 11.3. The van der Waals surface area contributed by atoms with Gasteiger partial charge in [-0.2, -0.15) is 0 Å². The van der Waals surface area contributed by atoms with Gasteiger partial charge in [-0.05, 0) is 11.8 Å². The first-order chi connectivity index (χ1) is 6.70. The average Bonchev–Trinajstić information content (AvgIpc) is 2.15. The molecule has 0 radical (unpaired) electrons. The molecular formula is C14H30. The van der Waals surface area contributed by atoms with Gasteiger partial charge in [-0.3, -0.25) is 0 Å². The molecule has 0 fully saturated rings. The van der Waals surface area contributed by atoms with Gasteiger partial charge in [-0.1, -0.05) is 79.1 Å². The van der Waals surface area contributed by atoms with E-state index in [-0.39, 0.29) is 0 Å². The van der Waals surface area contributed by atoms with Gasteiger partial charge in [0, 0.05) is 0 Å². The third kappa shape index (κ3) is 8.59. The third-order valence-corrected chi connectivity index (χ3v) is 3.23. The Morgan fingerprint density at radius 2 is 1.14 bits per heavy atom. The van der Waals surface area contributed by atoms with E-state index in [4.69, 9.17) is 0 Å². The van der Waals surface area contributed by atoms with Crippen LogP contribution in [0.5, 0.6) is 0 Å². The highest BCUT2D eigenvalue weighted by Gasteiger charge is 2.04. The lowest BCUT2D eigenvalue weighted by atomic mass is 9.93. The molecule has 0 saturated carbocycles. The fourth-order valence-corrected chi connectivity index (χ4v) is 2.15. The van der Waals surface area contributed by atoms with Gasteiger partial charge >= 0.3 is 0 Å². The highest BCUT2D eigenvalue weighted by molar-refractivity contribution is 4.57. The van der Waals surface area contributed by atoms with Gasteiger partial charge in [0.1, 0.15) is 0 Å². The second-order valence-electron chi connectivity index (χ2n) is 5.07. The molecule has 0 saturated heterocycles. The van der Waals surface area contributed by atoms with Crippen molar-refractivity contribution in [1.82, 2.24) is 0 Å². The van der Waals surface area contributed by atoms with Gasteiger partial charge in [0.25, 0.3) is 0 Å². The zero-order chi connectivity index (χ0) is 10.8. The minimum atomic E-state index is 0.957. The van der Waals surface area contributed by atoms with E-state index < -0.39 is 0 Å². The molecule has 2 unspecified atom stereocenters. The standard InChI is InChI=1S/C14H30/c1-5-7-10-14(4)12-8-11-13(3)9-6-2/h13-14H,5-12H2,1-4H3. The van der Waals surface area contributed by atoms with Crippen molar-refractivity contribution in [3.63, 3.8) is 0 Å². The summed E-state index contributed by atoms with van der Waals surface area (Å²) in [7, 11) is 0. The molecule has 14 heavy (non-hydrogen) atoms. The summed E-state index contributed by atoms with van der Waals surface area (Å²) in [5.74, 6) is 1.92. The summed E-state index contributed by atoms with van der Waals surface area (Å²) in [4.78, 5) is 0. The summed E-state index contributed by atoms with van der Waals surface area (Å²) in [6, 6.07) is 0. The van der Waals surface area contributed by atoms with Crippen molar-refractivity contribution in [2.24, 2.45) is 11.8 Å². The quantitative estimate of drug-likeness (QED) is 0.464. The SMILES string of the molecule is CCCCC(C)CCCC(C)CCC. The molecule has 0 nitrogen and oxygen atoms in total. The Kier molecular flexibility index (Phi) is 9.55. The molecule has 0 aromatic rings. The van der Waals surface area contributed by atoms with Crippen LogP contribution in [0.3, 0.4) is 0 Å². The molecule has 0 amide bonds. The van der Waals surface area contributed by atoms with Gasteiger partial charge in [0.15, 0.2) is 0 Å². The van der Waals surface area contributed by atoms with Crippen LogP contribution in [-0.2, 0) is 0 Å². The topological polar surface area (TPSA) is 0 Å². The predicted octanol–water partition coefficient (Wildman–Crippen LogP) is 5.42. The Balaban J connectivity index is 3.25. The zero-order valence-electron chi connectivity index (χ0n) is 10.8. The van der Waals surface area contributed by atoms with Crippen LogP contribution in [0.25, 0.3) is 0 Å². The molecule has 0 aromatic carbocycles. The Morgan fingerprint density at radius 1 is 0.643 bits per heavy atom. The Hall–Kier alpha value is 0. The van der Waals surface area contributed by atoms with Crippen molar-refractivity contribution >= 4 is 0 Å². The van der Waals surface area contributed by atoms with Crippen LogP contribution in [0.15, 0.2) is 0 Å². The van der Waals surface area contributed by atoms with Crippen molar-refractivity contribution in [3.8, 4) is 0 Å². The minimum absolute atomic E-state index is 0.957. The van der Waals surface area contributed by atoms with Crippen LogP contribution in [0, 0.1) is 11.8 Å². The summed E-state index contributed by atoms with van der Waals surface area (Å²) in [6.45, 7) is 9.40. The Labute approximate surface area is 91.5 Å². The van der Waals surface area contributed by atoms with E-state index in [1.54, 1.807) is 0 Å². The highest BCUT2D eigenvalue weighted by Crippen LogP contribution is 2.19. The molecule has 0 spiro atoms. The van der Waals surface area contributed by atoms with E-state index >= 15 is 0 Å². The van der Waals surface area contributed by atoms with Gasteiger partial charge < -0.3 is 0 Å². The monoisotopic (exact) mass is 198 g/mol. The number of hydrogen-bond acceptors (Lipinski definition) is 0. The van der Waals surface area contributed by atoms with E-state index in [1.807, 2.05) is 0 Å². The van der Waals surface area contributed by atoms with E-state index in [1.165, 1.54) is 51.4 Å². The van der Waals surface area contributed by atoms with Crippen LogP contribution < -0.4 is 0 Å². The largest absolute Gasteiger partial charge is 0.0654 e. The van der Waals surface area contributed by atoms with Crippen LogP contribution in [0.2, 0.25) is 0 Å². The predicted molar refractivity (Wildman–Crippen MR) is 66.6 cm³/mol. The first kappa shape index (κ1) is 14.0. The Morgan fingerprint density at radius 3 is 1.64 bits per heavy atom. The average molecular weight is 198 g/mol. The number of hydrogen-bond donors (Lipinski definition) is 0. The molecule has 0 heterocycles. The van der Waals surface area contributed by atoms with Crippen molar-refractivity contribution in [3.05, 3.63) is 0 Å². The van der Waals surface area contributed by atoms with Crippen LogP contribution in [0.1, 0.15) is 79.1 Å². The second kappa shape index (κ2) is 9.55. The molecule has 0 aliphatic heterocycles. The fourth-order valence-electron chi connectivity index (χ4n) is 2.15. The lowest BCUT2D eigenvalue weighted by Crippen LogP contribution is -1.98. The Bertz CT molecular complexity index is 107. The van der Waals surface area contributed by atoms with Crippen LogP contribution in [0.4, 0.5) is 0 Å². The van der Waals surface area contributed by atoms with Crippen LogP contribution in [-0.4, -0.2) is 0 Å². The smallest absolute Gasteiger partial charge is 0.0443 e. The van der Waals surface area contributed by atoms with Crippen molar-refractivity contribution < 1.29 is 0 Å². The molecule has 0 bridgehead atoms.